The van der Waals surface area contributed by atoms with Crippen LogP contribution < -0.4 is 10.1 Å². The van der Waals surface area contributed by atoms with Crippen LogP contribution in [0.25, 0.3) is 10.2 Å². The van der Waals surface area contributed by atoms with Gasteiger partial charge in [0.05, 0.1) is 11.3 Å². The number of para-hydroxylation sites is 1. The molecule has 1 aromatic heterocycles. The van der Waals surface area contributed by atoms with Crippen molar-refractivity contribution >= 4 is 44.4 Å². The smallest absolute Gasteiger partial charge is 0.257 e. The number of carbonyl (C=O) groups excluding carboxylic acids is 1. The van der Waals surface area contributed by atoms with Crippen molar-refractivity contribution in [2.75, 3.05) is 18.2 Å². The largest absolute Gasteiger partial charge is 0.492 e. The van der Waals surface area contributed by atoms with Crippen LogP contribution in [0.2, 0.25) is 0 Å². The molecule has 0 spiro atoms. The third kappa shape index (κ3) is 3.48. The molecular weight excluding hydrogens is 328 g/mol. The number of benzene rings is 2. The van der Waals surface area contributed by atoms with Crippen LogP contribution in [0.4, 0.5) is 5.13 Å². The number of nitrogens with one attached hydrogen (secondary N) is 1. The Balaban J connectivity index is 1.83. The highest BCUT2D eigenvalue weighted by molar-refractivity contribution is 7.98. The van der Waals surface area contributed by atoms with Crippen LogP contribution in [0.3, 0.4) is 0 Å². The van der Waals surface area contributed by atoms with Crippen molar-refractivity contribution in [2.45, 2.75) is 11.8 Å². The van der Waals surface area contributed by atoms with Gasteiger partial charge in [-0.3, -0.25) is 10.1 Å². The van der Waals surface area contributed by atoms with Gasteiger partial charge in [-0.15, -0.1) is 11.8 Å². The van der Waals surface area contributed by atoms with Crippen molar-refractivity contribution in [1.29, 1.82) is 0 Å². The Kier molecular flexibility index (Phi) is 4.83. The molecule has 3 aromatic rings. The monoisotopic (exact) mass is 344 g/mol. The van der Waals surface area contributed by atoms with E-state index in [1.54, 1.807) is 11.8 Å². The molecule has 0 radical (unpaired) electrons. The van der Waals surface area contributed by atoms with Gasteiger partial charge in [0.25, 0.3) is 5.91 Å². The molecule has 4 nitrogen and oxygen atoms in total. The van der Waals surface area contributed by atoms with Gasteiger partial charge in [-0.1, -0.05) is 17.4 Å². The van der Waals surface area contributed by atoms with E-state index in [0.29, 0.717) is 17.3 Å². The Morgan fingerprint density at radius 1 is 1.26 bits per heavy atom. The fraction of sp³-hybridized carbons (Fsp3) is 0.176. The van der Waals surface area contributed by atoms with E-state index in [0.717, 1.165) is 20.9 Å². The second kappa shape index (κ2) is 7.02. The molecule has 118 valence electrons. The van der Waals surface area contributed by atoms with Gasteiger partial charge in [0.15, 0.2) is 5.13 Å². The molecule has 3 rings (SSSR count). The van der Waals surface area contributed by atoms with Gasteiger partial charge >= 0.3 is 0 Å². The number of hydrogen-bond donors (Lipinski definition) is 1. The lowest BCUT2D eigenvalue weighted by Gasteiger charge is -2.03. The minimum absolute atomic E-state index is 0.158. The van der Waals surface area contributed by atoms with Crippen LogP contribution >= 0.6 is 23.1 Å². The first-order valence-corrected chi connectivity index (χ1v) is 9.23. The van der Waals surface area contributed by atoms with Crippen LogP contribution in [0.1, 0.15) is 17.3 Å². The molecule has 0 atom stereocenters. The first-order valence-electron chi connectivity index (χ1n) is 7.19. The van der Waals surface area contributed by atoms with E-state index in [2.05, 4.69) is 10.3 Å². The van der Waals surface area contributed by atoms with E-state index in [9.17, 15) is 4.79 Å². The van der Waals surface area contributed by atoms with Gasteiger partial charge in [0, 0.05) is 10.5 Å². The standard InChI is InChI=1S/C17H16N2O2S2/c1-3-21-13-5-4-6-14-15(13)18-17(23-14)19-16(20)11-7-9-12(22-2)10-8-11/h4-10H,3H2,1-2H3,(H,18,19,20). The SMILES string of the molecule is CCOc1cccc2sc(NC(=O)c3ccc(SC)cc3)nc12. The normalized spacial score (nSPS) is 10.7. The molecule has 0 unspecified atom stereocenters. The van der Waals surface area contributed by atoms with Crippen LogP contribution in [0, 0.1) is 0 Å². The second-order valence-corrected chi connectivity index (χ2v) is 6.65. The summed E-state index contributed by atoms with van der Waals surface area (Å²) >= 11 is 3.09. The van der Waals surface area contributed by atoms with E-state index in [1.165, 1.54) is 11.3 Å². The van der Waals surface area contributed by atoms with Crippen LogP contribution in [-0.2, 0) is 0 Å². The van der Waals surface area contributed by atoms with Gasteiger partial charge in [0.2, 0.25) is 0 Å². The second-order valence-electron chi connectivity index (χ2n) is 4.74. The predicted octanol–water partition coefficient (Wildman–Crippen LogP) is 4.67. The van der Waals surface area contributed by atoms with Crippen molar-refractivity contribution in [3.05, 3.63) is 48.0 Å². The topological polar surface area (TPSA) is 51.2 Å². The molecule has 1 heterocycles. The maximum Gasteiger partial charge on any atom is 0.257 e. The summed E-state index contributed by atoms with van der Waals surface area (Å²) in [5.41, 5.74) is 1.40. The average Bonchev–Trinajstić information content (AvgIpc) is 2.98. The first-order chi connectivity index (χ1) is 11.2. The minimum atomic E-state index is -0.158. The van der Waals surface area contributed by atoms with Gasteiger partial charge in [-0.25, -0.2) is 4.98 Å². The Labute approximate surface area is 142 Å². The fourth-order valence-electron chi connectivity index (χ4n) is 2.16. The predicted molar refractivity (Wildman–Crippen MR) is 97.0 cm³/mol. The molecule has 1 amide bonds. The third-order valence-corrected chi connectivity index (χ3v) is 4.93. The van der Waals surface area contributed by atoms with Crippen molar-refractivity contribution in [2.24, 2.45) is 0 Å². The molecule has 23 heavy (non-hydrogen) atoms. The molecule has 0 aliphatic rings. The van der Waals surface area contributed by atoms with Crippen LogP contribution in [0.5, 0.6) is 5.75 Å². The zero-order chi connectivity index (χ0) is 16.2. The molecule has 0 saturated carbocycles. The lowest BCUT2D eigenvalue weighted by Crippen LogP contribution is -2.11. The summed E-state index contributed by atoms with van der Waals surface area (Å²) in [7, 11) is 0. The van der Waals surface area contributed by atoms with E-state index in [-0.39, 0.29) is 5.91 Å². The molecule has 1 N–H and O–H groups in total. The Morgan fingerprint density at radius 3 is 2.74 bits per heavy atom. The zero-order valence-electron chi connectivity index (χ0n) is 12.8. The summed E-state index contributed by atoms with van der Waals surface area (Å²) in [6.45, 7) is 2.52. The van der Waals surface area contributed by atoms with Gasteiger partial charge in [0.1, 0.15) is 11.3 Å². The summed E-state index contributed by atoms with van der Waals surface area (Å²) < 4.78 is 6.57. The maximum atomic E-state index is 12.3. The quantitative estimate of drug-likeness (QED) is 0.683. The van der Waals surface area contributed by atoms with Gasteiger partial charge in [-0.2, -0.15) is 0 Å². The number of ether oxygens (including phenoxy) is 1. The number of fused-ring (bicyclic) bond motifs is 1. The average molecular weight is 344 g/mol. The van der Waals surface area contributed by atoms with Crippen molar-refractivity contribution in [3.63, 3.8) is 0 Å². The lowest BCUT2D eigenvalue weighted by molar-refractivity contribution is 0.102. The molecule has 0 saturated heterocycles. The summed E-state index contributed by atoms with van der Waals surface area (Å²) in [5, 5.41) is 3.44. The van der Waals surface area contributed by atoms with E-state index in [4.69, 9.17) is 4.74 Å². The highest BCUT2D eigenvalue weighted by Gasteiger charge is 2.12. The molecule has 0 aliphatic carbocycles. The zero-order valence-corrected chi connectivity index (χ0v) is 14.5. The first kappa shape index (κ1) is 15.8. The van der Waals surface area contributed by atoms with E-state index < -0.39 is 0 Å². The highest BCUT2D eigenvalue weighted by atomic mass is 32.2. The van der Waals surface area contributed by atoms with Crippen molar-refractivity contribution in [1.82, 2.24) is 4.98 Å². The number of carbonyl (C=O) groups is 1. The Bertz CT molecular complexity index is 828. The summed E-state index contributed by atoms with van der Waals surface area (Å²) in [5.74, 6) is 0.584. The summed E-state index contributed by atoms with van der Waals surface area (Å²) in [6.07, 6.45) is 2.01. The van der Waals surface area contributed by atoms with Gasteiger partial charge < -0.3 is 4.74 Å². The van der Waals surface area contributed by atoms with Crippen molar-refractivity contribution < 1.29 is 9.53 Å². The van der Waals surface area contributed by atoms with Crippen molar-refractivity contribution in [3.8, 4) is 5.75 Å². The fourth-order valence-corrected chi connectivity index (χ4v) is 3.45. The Morgan fingerprint density at radius 2 is 2.04 bits per heavy atom. The van der Waals surface area contributed by atoms with E-state index >= 15 is 0 Å². The van der Waals surface area contributed by atoms with Crippen LogP contribution in [0.15, 0.2) is 47.4 Å². The van der Waals surface area contributed by atoms with Crippen LogP contribution in [-0.4, -0.2) is 23.8 Å². The lowest BCUT2D eigenvalue weighted by atomic mass is 10.2. The molecule has 2 aromatic carbocycles. The summed E-state index contributed by atoms with van der Waals surface area (Å²) in [4.78, 5) is 17.9. The number of anilines is 1. The molecule has 0 bridgehead atoms. The number of hydrogen-bond acceptors (Lipinski definition) is 5. The number of aromatic nitrogens is 1. The number of rotatable bonds is 5. The van der Waals surface area contributed by atoms with E-state index in [1.807, 2.05) is 55.6 Å². The molecular formula is C17H16N2O2S2. The third-order valence-electron chi connectivity index (χ3n) is 3.25. The number of thioether (sulfide) groups is 1. The maximum absolute atomic E-state index is 12.3. The highest BCUT2D eigenvalue weighted by Crippen LogP contribution is 2.32. The molecule has 0 aliphatic heterocycles. The molecule has 0 fully saturated rings. The number of thiazole rings is 1. The molecule has 6 heteroatoms. The Hall–Kier alpha value is -2.05. The van der Waals surface area contributed by atoms with Gasteiger partial charge in [-0.05, 0) is 49.6 Å². The number of amides is 1. The number of nitrogens with zero attached hydrogens (tertiary/aromatic N) is 1. The summed E-state index contributed by atoms with van der Waals surface area (Å²) in [6, 6.07) is 13.3. The minimum Gasteiger partial charge on any atom is -0.492 e.